The summed E-state index contributed by atoms with van der Waals surface area (Å²) in [7, 11) is 0. The molecule has 0 amide bonds. The molecular weight excluding hydrogens is 471 g/mol. The molecule has 36 heavy (non-hydrogen) atoms. The highest BCUT2D eigenvalue weighted by atomic mass is 19.4. The zero-order valence-electron chi connectivity index (χ0n) is 20.3. The van der Waals surface area contributed by atoms with Gasteiger partial charge in [0.2, 0.25) is 0 Å². The van der Waals surface area contributed by atoms with Crippen molar-refractivity contribution in [2.24, 2.45) is 5.41 Å². The van der Waals surface area contributed by atoms with Gasteiger partial charge in [-0.1, -0.05) is 12.1 Å². The molecule has 6 rings (SSSR count). The predicted octanol–water partition coefficient (Wildman–Crippen LogP) is 3.60. The van der Waals surface area contributed by atoms with Crippen LogP contribution >= 0.6 is 0 Å². The van der Waals surface area contributed by atoms with Crippen LogP contribution in [-0.2, 0) is 24.0 Å². The Labute approximate surface area is 207 Å². The number of aliphatic hydroxyl groups is 1. The van der Waals surface area contributed by atoms with E-state index in [9.17, 15) is 18.3 Å². The maximum Gasteiger partial charge on any atom is 0.416 e. The van der Waals surface area contributed by atoms with Gasteiger partial charge in [0.05, 0.1) is 43.1 Å². The fourth-order valence-corrected chi connectivity index (χ4v) is 6.07. The monoisotopic (exact) mass is 501 g/mol. The number of pyridine rings is 1. The lowest BCUT2D eigenvalue weighted by molar-refractivity contribution is -0.138. The van der Waals surface area contributed by atoms with E-state index in [2.05, 4.69) is 14.8 Å². The minimum absolute atomic E-state index is 0.190. The van der Waals surface area contributed by atoms with Gasteiger partial charge in [-0.15, -0.1) is 0 Å². The second-order valence-corrected chi connectivity index (χ2v) is 10.5. The van der Waals surface area contributed by atoms with Crippen molar-refractivity contribution >= 4 is 16.9 Å². The smallest absolute Gasteiger partial charge is 0.393 e. The quantitative estimate of drug-likeness (QED) is 0.577. The van der Waals surface area contributed by atoms with Gasteiger partial charge in [0.15, 0.2) is 0 Å². The molecule has 7 nitrogen and oxygen atoms in total. The first kappa shape index (κ1) is 23.7. The van der Waals surface area contributed by atoms with Crippen LogP contribution in [0.25, 0.3) is 11.0 Å². The fraction of sp³-hybridized carbons (Fsp3) is 0.538. The number of aliphatic hydroxyl groups excluding tert-OH is 1. The molecule has 0 bridgehead atoms. The summed E-state index contributed by atoms with van der Waals surface area (Å²) < 4.78 is 48.3. The Bertz CT molecular complexity index is 1270. The maximum absolute atomic E-state index is 13.6. The summed E-state index contributed by atoms with van der Waals surface area (Å²) in [6.07, 6.45) is -1.14. The van der Waals surface area contributed by atoms with E-state index in [1.807, 2.05) is 10.6 Å². The zero-order chi connectivity index (χ0) is 25.1. The van der Waals surface area contributed by atoms with Crippen molar-refractivity contribution in [3.8, 4) is 0 Å². The molecule has 3 aliphatic rings. The Hall–Kier alpha value is -2.69. The number of hydrogen-bond acceptors (Lipinski definition) is 6. The Morgan fingerprint density at radius 2 is 1.89 bits per heavy atom. The van der Waals surface area contributed by atoms with Gasteiger partial charge in [-0.25, -0.2) is 9.97 Å². The number of fused-ring (bicyclic) bond motifs is 1. The molecule has 0 radical (unpaired) electrons. The average molecular weight is 502 g/mol. The van der Waals surface area contributed by atoms with Gasteiger partial charge in [-0.2, -0.15) is 13.2 Å². The maximum atomic E-state index is 13.6. The van der Waals surface area contributed by atoms with E-state index in [1.165, 1.54) is 6.07 Å². The van der Waals surface area contributed by atoms with Gasteiger partial charge in [0, 0.05) is 44.2 Å². The van der Waals surface area contributed by atoms with E-state index in [0.717, 1.165) is 67.8 Å². The number of rotatable bonds is 5. The van der Waals surface area contributed by atoms with Crippen LogP contribution in [0.15, 0.2) is 30.5 Å². The Morgan fingerprint density at radius 1 is 1.14 bits per heavy atom. The zero-order valence-corrected chi connectivity index (χ0v) is 20.3. The molecule has 0 unspecified atom stereocenters. The lowest BCUT2D eigenvalue weighted by atomic mass is 9.62. The predicted molar refractivity (Wildman–Crippen MR) is 129 cm³/mol. The minimum Gasteiger partial charge on any atom is -0.393 e. The van der Waals surface area contributed by atoms with Crippen LogP contribution in [0.5, 0.6) is 0 Å². The Kier molecular flexibility index (Phi) is 5.73. The fourth-order valence-electron chi connectivity index (χ4n) is 6.07. The van der Waals surface area contributed by atoms with Gasteiger partial charge in [-0.3, -0.25) is 4.90 Å². The molecule has 2 aromatic heterocycles. The van der Waals surface area contributed by atoms with Gasteiger partial charge < -0.3 is 19.3 Å². The van der Waals surface area contributed by atoms with Crippen molar-refractivity contribution in [2.45, 2.75) is 45.1 Å². The minimum atomic E-state index is -4.40. The third-order valence-electron chi connectivity index (χ3n) is 7.93. The summed E-state index contributed by atoms with van der Waals surface area (Å²) in [6, 6.07) is 6.38. The number of anilines is 1. The van der Waals surface area contributed by atoms with Gasteiger partial charge in [-0.05, 0) is 37.0 Å². The number of aromatic nitrogens is 3. The normalized spacial score (nSPS) is 20.6. The number of imidazole rings is 1. The summed E-state index contributed by atoms with van der Waals surface area (Å²) in [5.74, 6) is 1.64. The number of alkyl halides is 3. The van der Waals surface area contributed by atoms with Crippen molar-refractivity contribution in [1.82, 2.24) is 19.4 Å². The first-order valence-corrected chi connectivity index (χ1v) is 12.4. The largest absolute Gasteiger partial charge is 0.416 e. The highest BCUT2D eigenvalue weighted by molar-refractivity contribution is 5.78. The van der Waals surface area contributed by atoms with Crippen LogP contribution in [0.3, 0.4) is 0 Å². The molecule has 4 heterocycles. The van der Waals surface area contributed by atoms with E-state index in [4.69, 9.17) is 9.72 Å². The van der Waals surface area contributed by atoms with Gasteiger partial charge >= 0.3 is 6.18 Å². The Balaban J connectivity index is 1.35. The van der Waals surface area contributed by atoms with Gasteiger partial charge in [0.1, 0.15) is 17.2 Å². The summed E-state index contributed by atoms with van der Waals surface area (Å²) >= 11 is 0. The molecule has 192 valence electrons. The molecule has 2 aliphatic heterocycles. The van der Waals surface area contributed by atoms with Gasteiger partial charge in [0.25, 0.3) is 0 Å². The molecule has 10 heteroatoms. The number of likely N-dealkylation sites (tertiary alicyclic amines) is 1. The van der Waals surface area contributed by atoms with Crippen LogP contribution in [0.2, 0.25) is 0 Å². The molecule has 1 spiro atoms. The van der Waals surface area contributed by atoms with E-state index < -0.39 is 11.7 Å². The van der Waals surface area contributed by atoms with Crippen molar-refractivity contribution in [3.05, 3.63) is 53.0 Å². The van der Waals surface area contributed by atoms with Crippen molar-refractivity contribution < 1.29 is 23.0 Å². The van der Waals surface area contributed by atoms with E-state index in [0.29, 0.717) is 31.9 Å². The Morgan fingerprint density at radius 3 is 2.58 bits per heavy atom. The molecule has 1 saturated carbocycles. The molecule has 0 atom stereocenters. The number of hydrogen-bond donors (Lipinski definition) is 1. The van der Waals surface area contributed by atoms with Crippen molar-refractivity contribution in [1.29, 1.82) is 0 Å². The summed E-state index contributed by atoms with van der Waals surface area (Å²) in [6.45, 7) is 7.03. The highest BCUT2D eigenvalue weighted by Gasteiger charge is 2.51. The summed E-state index contributed by atoms with van der Waals surface area (Å²) in [4.78, 5) is 14.0. The molecule has 3 fully saturated rings. The first-order valence-electron chi connectivity index (χ1n) is 12.4. The number of benzene rings is 1. The van der Waals surface area contributed by atoms with Crippen LogP contribution in [0.1, 0.15) is 35.4 Å². The van der Waals surface area contributed by atoms with Crippen LogP contribution in [0.4, 0.5) is 19.0 Å². The van der Waals surface area contributed by atoms with Crippen molar-refractivity contribution in [2.75, 3.05) is 44.3 Å². The number of nitrogens with zero attached hydrogens (tertiary/aromatic N) is 5. The topological polar surface area (TPSA) is 66.7 Å². The SMILES string of the molecule is Cc1c(Cn2c(CN3CC4(CC(O)C4)C3)nc3cnc(N4CCOCC4)cc32)cccc1C(F)(F)F. The summed E-state index contributed by atoms with van der Waals surface area (Å²) in [5.41, 5.74) is 2.09. The molecule has 1 N–H and O–H groups in total. The third-order valence-corrected chi connectivity index (χ3v) is 7.93. The van der Waals surface area contributed by atoms with E-state index >= 15 is 0 Å². The lowest BCUT2D eigenvalue weighted by Crippen LogP contribution is -2.63. The second kappa shape index (κ2) is 8.71. The molecule has 3 aromatic rings. The average Bonchev–Trinajstić information content (AvgIpc) is 3.14. The van der Waals surface area contributed by atoms with Crippen LogP contribution < -0.4 is 4.90 Å². The lowest BCUT2D eigenvalue weighted by Gasteiger charge is -2.57. The summed E-state index contributed by atoms with van der Waals surface area (Å²) in [5, 5.41) is 9.73. The first-order chi connectivity index (χ1) is 17.2. The van der Waals surface area contributed by atoms with Crippen molar-refractivity contribution in [3.63, 3.8) is 0 Å². The van der Waals surface area contributed by atoms with Crippen LogP contribution in [0, 0.1) is 12.3 Å². The highest BCUT2D eigenvalue weighted by Crippen LogP contribution is 2.48. The van der Waals surface area contributed by atoms with Crippen LogP contribution in [-0.4, -0.2) is 70.0 Å². The second-order valence-electron chi connectivity index (χ2n) is 10.5. The number of ether oxygens (including phenoxy) is 1. The molecule has 1 aromatic carbocycles. The third kappa shape index (κ3) is 4.25. The number of halogens is 3. The molecule has 1 aliphatic carbocycles. The molecule has 2 saturated heterocycles. The standard InChI is InChI=1S/C26H30F3N5O2/c1-17-18(3-2-4-20(17)26(27,28)29)13-34-22-9-23(33-5-7-36-8-6-33)30-12-21(22)31-24(34)14-32-15-25(16-32)10-19(35)11-25/h2-4,9,12,19,35H,5-8,10-11,13-16H2,1H3. The van der Waals surface area contributed by atoms with E-state index in [-0.39, 0.29) is 17.1 Å². The van der Waals surface area contributed by atoms with E-state index in [1.54, 1.807) is 19.2 Å². The molecular formula is C26H30F3N5O2. The number of morpholine rings is 1.